The van der Waals surface area contributed by atoms with Crippen LogP contribution in [0.4, 0.5) is 0 Å². The maximum atomic E-state index is 11.8. The van der Waals surface area contributed by atoms with Crippen LogP contribution in [0.2, 0.25) is 0 Å². The zero-order valence-corrected chi connectivity index (χ0v) is 9.52. The number of ketones is 1. The fourth-order valence-electron chi connectivity index (χ4n) is 2.19. The lowest BCUT2D eigenvalue weighted by Gasteiger charge is -2.16. The zero-order chi connectivity index (χ0) is 11.5. The van der Waals surface area contributed by atoms with Crippen molar-refractivity contribution in [3.63, 3.8) is 0 Å². The minimum Gasteiger partial charge on any atom is -0.393 e. The molecule has 1 fully saturated rings. The van der Waals surface area contributed by atoms with Gasteiger partial charge in [0.2, 0.25) is 0 Å². The number of aromatic nitrogens is 1. The molecule has 2 unspecified atom stereocenters. The van der Waals surface area contributed by atoms with Crippen molar-refractivity contribution in [3.8, 4) is 0 Å². The summed E-state index contributed by atoms with van der Waals surface area (Å²) in [5.74, 6) is 0.438. The number of aromatic amines is 1. The highest BCUT2D eigenvalue weighted by Gasteiger charge is 2.27. The minimum absolute atomic E-state index is 0.122. The number of hydrogen-bond acceptors (Lipinski definition) is 3. The van der Waals surface area contributed by atoms with Crippen LogP contribution >= 0.6 is 0 Å². The van der Waals surface area contributed by atoms with Crippen LogP contribution in [-0.4, -0.2) is 46.5 Å². The van der Waals surface area contributed by atoms with Crippen molar-refractivity contribution in [2.75, 3.05) is 19.6 Å². The summed E-state index contributed by atoms with van der Waals surface area (Å²) in [6, 6.07) is 3.63. The number of carbonyl (C=O) groups is 1. The highest BCUT2D eigenvalue weighted by molar-refractivity contribution is 5.95. The van der Waals surface area contributed by atoms with E-state index in [4.69, 9.17) is 0 Å². The number of hydrogen-bond donors (Lipinski definition) is 2. The number of nitrogens with zero attached hydrogens (tertiary/aromatic N) is 1. The topological polar surface area (TPSA) is 56.3 Å². The van der Waals surface area contributed by atoms with Crippen LogP contribution in [-0.2, 0) is 0 Å². The van der Waals surface area contributed by atoms with Gasteiger partial charge in [0.1, 0.15) is 0 Å². The summed E-state index contributed by atoms with van der Waals surface area (Å²) < 4.78 is 0. The van der Waals surface area contributed by atoms with Crippen molar-refractivity contribution in [1.82, 2.24) is 9.88 Å². The molecule has 1 aliphatic rings. The van der Waals surface area contributed by atoms with Crippen LogP contribution in [0, 0.1) is 5.92 Å². The second kappa shape index (κ2) is 4.80. The first kappa shape index (κ1) is 11.4. The van der Waals surface area contributed by atoms with Crippen molar-refractivity contribution in [2.45, 2.75) is 19.4 Å². The van der Waals surface area contributed by atoms with Crippen LogP contribution in [0.3, 0.4) is 0 Å². The third-order valence-corrected chi connectivity index (χ3v) is 3.26. The third kappa shape index (κ3) is 2.51. The van der Waals surface area contributed by atoms with Crippen molar-refractivity contribution in [1.29, 1.82) is 0 Å². The molecule has 1 aromatic heterocycles. The summed E-state index contributed by atoms with van der Waals surface area (Å²) in [5.41, 5.74) is 0.667. The summed E-state index contributed by atoms with van der Waals surface area (Å²) >= 11 is 0. The monoisotopic (exact) mass is 222 g/mol. The predicted molar refractivity (Wildman–Crippen MR) is 61.4 cm³/mol. The summed E-state index contributed by atoms with van der Waals surface area (Å²) in [7, 11) is 0. The van der Waals surface area contributed by atoms with Gasteiger partial charge in [-0.25, -0.2) is 0 Å². The minimum atomic E-state index is -0.273. The molecule has 0 saturated carbocycles. The first-order valence-electron chi connectivity index (χ1n) is 5.74. The number of aliphatic hydroxyl groups is 1. The molecule has 0 aliphatic carbocycles. The lowest BCUT2D eigenvalue weighted by atomic mass is 10.0. The Morgan fingerprint density at radius 1 is 1.75 bits per heavy atom. The predicted octanol–water partition coefficient (Wildman–Crippen LogP) is 0.900. The Morgan fingerprint density at radius 2 is 2.56 bits per heavy atom. The van der Waals surface area contributed by atoms with Crippen LogP contribution in [0.1, 0.15) is 23.8 Å². The molecule has 0 amide bonds. The van der Waals surface area contributed by atoms with Gasteiger partial charge in [0.25, 0.3) is 0 Å². The molecule has 4 heteroatoms. The van der Waals surface area contributed by atoms with Crippen LogP contribution in [0.15, 0.2) is 18.3 Å². The van der Waals surface area contributed by atoms with E-state index in [-0.39, 0.29) is 11.9 Å². The molecule has 1 saturated heterocycles. The van der Waals surface area contributed by atoms with Crippen LogP contribution in [0.25, 0.3) is 0 Å². The highest BCUT2D eigenvalue weighted by Crippen LogP contribution is 2.19. The molecule has 2 heterocycles. The zero-order valence-electron chi connectivity index (χ0n) is 9.52. The van der Waals surface area contributed by atoms with E-state index in [1.807, 2.05) is 13.0 Å². The van der Waals surface area contributed by atoms with Crippen molar-refractivity contribution < 1.29 is 9.90 Å². The largest absolute Gasteiger partial charge is 0.393 e. The average Bonchev–Trinajstić information content (AvgIpc) is 2.87. The van der Waals surface area contributed by atoms with Gasteiger partial charge in [0.15, 0.2) is 5.78 Å². The van der Waals surface area contributed by atoms with E-state index in [0.29, 0.717) is 18.2 Å². The molecule has 1 aromatic rings. The standard InChI is InChI=1S/C12H18N2O2/c1-9(15)10-4-6-14(7-10)8-12(16)11-3-2-5-13-11/h2-3,5,9-10,13,15H,4,6-8H2,1H3. The van der Waals surface area contributed by atoms with E-state index in [0.717, 1.165) is 19.5 Å². The van der Waals surface area contributed by atoms with E-state index >= 15 is 0 Å². The second-order valence-electron chi connectivity index (χ2n) is 4.53. The first-order chi connectivity index (χ1) is 7.66. The van der Waals surface area contributed by atoms with Gasteiger partial charge in [-0.2, -0.15) is 0 Å². The van der Waals surface area contributed by atoms with Crippen molar-refractivity contribution in [2.24, 2.45) is 5.92 Å². The van der Waals surface area contributed by atoms with Crippen LogP contribution in [0.5, 0.6) is 0 Å². The number of nitrogens with one attached hydrogen (secondary N) is 1. The molecule has 2 N–H and O–H groups in total. The SMILES string of the molecule is CC(O)C1CCN(CC(=O)c2ccc[nH]2)C1. The molecular formula is C12H18N2O2. The molecular weight excluding hydrogens is 204 g/mol. The maximum Gasteiger partial charge on any atom is 0.192 e. The fourth-order valence-corrected chi connectivity index (χ4v) is 2.19. The quantitative estimate of drug-likeness (QED) is 0.744. The number of H-pyrrole nitrogens is 1. The van der Waals surface area contributed by atoms with Gasteiger partial charge < -0.3 is 10.1 Å². The molecule has 2 atom stereocenters. The van der Waals surface area contributed by atoms with Gasteiger partial charge in [-0.05, 0) is 37.9 Å². The lowest BCUT2D eigenvalue weighted by Crippen LogP contribution is -2.29. The Kier molecular flexibility index (Phi) is 3.41. The van der Waals surface area contributed by atoms with E-state index < -0.39 is 0 Å². The average molecular weight is 222 g/mol. The number of rotatable bonds is 4. The summed E-state index contributed by atoms with van der Waals surface area (Å²) in [5, 5.41) is 9.47. The third-order valence-electron chi connectivity index (χ3n) is 3.26. The van der Waals surface area contributed by atoms with E-state index in [1.54, 1.807) is 12.3 Å². The molecule has 0 aromatic carbocycles. The fraction of sp³-hybridized carbons (Fsp3) is 0.583. The maximum absolute atomic E-state index is 11.8. The number of likely N-dealkylation sites (tertiary alicyclic amines) is 1. The second-order valence-corrected chi connectivity index (χ2v) is 4.53. The molecule has 0 spiro atoms. The summed E-state index contributed by atoms with van der Waals surface area (Å²) in [6.07, 6.45) is 2.47. The highest BCUT2D eigenvalue weighted by atomic mass is 16.3. The number of aliphatic hydroxyl groups excluding tert-OH is 1. The van der Waals surface area contributed by atoms with E-state index in [1.165, 1.54) is 0 Å². The molecule has 16 heavy (non-hydrogen) atoms. The summed E-state index contributed by atoms with van der Waals surface area (Å²) in [6.45, 7) is 4.00. The van der Waals surface area contributed by atoms with Crippen molar-refractivity contribution in [3.05, 3.63) is 24.0 Å². The molecule has 88 valence electrons. The van der Waals surface area contributed by atoms with Gasteiger partial charge in [-0.15, -0.1) is 0 Å². The van der Waals surface area contributed by atoms with E-state index in [9.17, 15) is 9.90 Å². The van der Waals surface area contributed by atoms with Gasteiger partial charge in [-0.3, -0.25) is 9.69 Å². The molecule has 0 bridgehead atoms. The smallest absolute Gasteiger partial charge is 0.192 e. The molecule has 4 nitrogen and oxygen atoms in total. The van der Waals surface area contributed by atoms with Gasteiger partial charge in [0.05, 0.1) is 18.3 Å². The first-order valence-corrected chi connectivity index (χ1v) is 5.74. The molecule has 2 rings (SSSR count). The molecule has 1 aliphatic heterocycles. The van der Waals surface area contributed by atoms with E-state index in [2.05, 4.69) is 9.88 Å². The Balaban J connectivity index is 1.86. The summed E-state index contributed by atoms with van der Waals surface area (Å²) in [4.78, 5) is 16.8. The molecule has 0 radical (unpaired) electrons. The van der Waals surface area contributed by atoms with Gasteiger partial charge >= 0.3 is 0 Å². The Bertz CT molecular complexity index is 346. The number of Topliss-reactive ketones (excluding diaryl/α,β-unsaturated/α-hetero) is 1. The van der Waals surface area contributed by atoms with Gasteiger partial charge in [-0.1, -0.05) is 0 Å². The van der Waals surface area contributed by atoms with Crippen LogP contribution < -0.4 is 0 Å². The van der Waals surface area contributed by atoms with Gasteiger partial charge in [0, 0.05) is 12.7 Å². The Hall–Kier alpha value is -1.13. The normalized spacial score (nSPS) is 23.5. The number of carbonyl (C=O) groups excluding carboxylic acids is 1. The Labute approximate surface area is 95.3 Å². The lowest BCUT2D eigenvalue weighted by molar-refractivity contribution is 0.0921. The van der Waals surface area contributed by atoms with Crippen molar-refractivity contribution >= 4 is 5.78 Å². The Morgan fingerprint density at radius 3 is 3.12 bits per heavy atom.